The number of terminal acetylenes is 1. The average Bonchev–Trinajstić information content (AvgIpc) is 2.68. The standard InChI is InChI=1S/C21H24N4OS/c1-5-16-7-6-8-18(12-16)25-20(26)14-24-21(22-3)23-13-17-10-9-15(2)11-19(17)27-4/h1,6-12H,13-14H2,2-4H3,(H,25,26)(H2,22,23,24). The second kappa shape index (κ2) is 10.3. The molecule has 0 aliphatic heterocycles. The Labute approximate surface area is 165 Å². The lowest BCUT2D eigenvalue weighted by Gasteiger charge is -2.14. The van der Waals surface area contributed by atoms with Crippen LogP contribution in [0.15, 0.2) is 52.4 Å². The third-order valence-corrected chi connectivity index (χ3v) is 4.66. The SMILES string of the molecule is C#Cc1cccc(NC(=O)CNC(=NC)NCc2ccc(C)cc2SC)c1. The lowest BCUT2D eigenvalue weighted by Crippen LogP contribution is -2.41. The van der Waals surface area contributed by atoms with Crippen LogP contribution in [-0.4, -0.2) is 31.7 Å². The maximum Gasteiger partial charge on any atom is 0.243 e. The second-order valence-corrected chi connectivity index (χ2v) is 6.72. The number of amides is 1. The van der Waals surface area contributed by atoms with Gasteiger partial charge in [-0.15, -0.1) is 18.2 Å². The first-order valence-electron chi connectivity index (χ1n) is 8.50. The number of carbonyl (C=O) groups excluding carboxylic acids is 1. The monoisotopic (exact) mass is 380 g/mol. The van der Waals surface area contributed by atoms with Gasteiger partial charge in [-0.3, -0.25) is 9.79 Å². The number of hydrogen-bond donors (Lipinski definition) is 3. The summed E-state index contributed by atoms with van der Waals surface area (Å²) >= 11 is 1.71. The Hall–Kier alpha value is -2.91. The molecule has 140 valence electrons. The predicted molar refractivity (Wildman–Crippen MR) is 114 cm³/mol. The summed E-state index contributed by atoms with van der Waals surface area (Å²) < 4.78 is 0. The highest BCUT2D eigenvalue weighted by Gasteiger charge is 2.06. The fourth-order valence-corrected chi connectivity index (χ4v) is 3.16. The van der Waals surface area contributed by atoms with Gasteiger partial charge in [-0.05, 0) is 48.6 Å². The van der Waals surface area contributed by atoms with Gasteiger partial charge in [0.15, 0.2) is 5.96 Å². The molecule has 0 saturated heterocycles. The van der Waals surface area contributed by atoms with Crippen LogP contribution in [0, 0.1) is 19.3 Å². The van der Waals surface area contributed by atoms with E-state index in [1.54, 1.807) is 30.9 Å². The lowest BCUT2D eigenvalue weighted by atomic mass is 10.1. The third-order valence-electron chi connectivity index (χ3n) is 3.84. The molecule has 0 unspecified atom stereocenters. The van der Waals surface area contributed by atoms with Crippen molar-refractivity contribution in [3.05, 3.63) is 59.2 Å². The Morgan fingerprint density at radius 3 is 2.74 bits per heavy atom. The first-order valence-corrected chi connectivity index (χ1v) is 9.72. The first kappa shape index (κ1) is 20.4. The van der Waals surface area contributed by atoms with E-state index in [9.17, 15) is 4.79 Å². The maximum atomic E-state index is 12.1. The second-order valence-electron chi connectivity index (χ2n) is 5.87. The van der Waals surface area contributed by atoms with Crippen molar-refractivity contribution in [3.8, 4) is 12.3 Å². The molecule has 5 nitrogen and oxygen atoms in total. The highest BCUT2D eigenvalue weighted by Crippen LogP contribution is 2.21. The lowest BCUT2D eigenvalue weighted by molar-refractivity contribution is -0.115. The Balaban J connectivity index is 1.86. The van der Waals surface area contributed by atoms with E-state index in [0.717, 1.165) is 5.56 Å². The number of carbonyl (C=O) groups is 1. The van der Waals surface area contributed by atoms with E-state index in [-0.39, 0.29) is 12.5 Å². The summed E-state index contributed by atoms with van der Waals surface area (Å²) in [6, 6.07) is 13.5. The summed E-state index contributed by atoms with van der Waals surface area (Å²) in [7, 11) is 1.67. The van der Waals surface area contributed by atoms with Gasteiger partial charge in [0.1, 0.15) is 0 Å². The Morgan fingerprint density at radius 1 is 1.22 bits per heavy atom. The number of nitrogens with zero attached hydrogens (tertiary/aromatic N) is 1. The quantitative estimate of drug-likeness (QED) is 0.312. The molecule has 0 aliphatic rings. The molecule has 1 amide bonds. The molecule has 0 fully saturated rings. The molecule has 3 N–H and O–H groups in total. The normalized spacial score (nSPS) is 10.8. The molecule has 2 rings (SSSR count). The molecule has 0 saturated carbocycles. The van der Waals surface area contributed by atoms with Crippen molar-refractivity contribution in [2.45, 2.75) is 18.4 Å². The van der Waals surface area contributed by atoms with Crippen LogP contribution < -0.4 is 16.0 Å². The van der Waals surface area contributed by atoms with Gasteiger partial charge < -0.3 is 16.0 Å². The third kappa shape index (κ3) is 6.39. The van der Waals surface area contributed by atoms with E-state index in [1.165, 1.54) is 16.0 Å². The fourth-order valence-electron chi connectivity index (χ4n) is 2.45. The smallest absolute Gasteiger partial charge is 0.243 e. The highest BCUT2D eigenvalue weighted by atomic mass is 32.2. The summed E-state index contributed by atoms with van der Waals surface area (Å²) in [4.78, 5) is 17.5. The van der Waals surface area contributed by atoms with Crippen molar-refractivity contribution in [3.63, 3.8) is 0 Å². The Bertz CT molecular complexity index is 871. The molecule has 6 heteroatoms. The minimum absolute atomic E-state index is 0.100. The van der Waals surface area contributed by atoms with Gasteiger partial charge in [0.2, 0.25) is 5.91 Å². The number of aliphatic imine (C=N–C) groups is 1. The summed E-state index contributed by atoms with van der Waals surface area (Å²) in [5.41, 5.74) is 3.81. The molecule has 0 aliphatic carbocycles. The summed E-state index contributed by atoms with van der Waals surface area (Å²) in [5.74, 6) is 2.94. The van der Waals surface area contributed by atoms with Gasteiger partial charge in [0.05, 0.1) is 6.54 Å². The van der Waals surface area contributed by atoms with Crippen molar-refractivity contribution < 1.29 is 4.79 Å². The van der Waals surface area contributed by atoms with Crippen LogP contribution in [0.5, 0.6) is 0 Å². The minimum atomic E-state index is -0.174. The van der Waals surface area contributed by atoms with Crippen molar-refractivity contribution in [2.24, 2.45) is 4.99 Å². The molecule has 0 atom stereocenters. The number of anilines is 1. The zero-order valence-electron chi connectivity index (χ0n) is 15.8. The average molecular weight is 381 g/mol. The fraction of sp³-hybridized carbons (Fsp3) is 0.238. The minimum Gasteiger partial charge on any atom is -0.352 e. The van der Waals surface area contributed by atoms with Gasteiger partial charge in [-0.25, -0.2) is 0 Å². The van der Waals surface area contributed by atoms with Crippen LogP contribution in [0.2, 0.25) is 0 Å². The molecule has 2 aromatic rings. The van der Waals surface area contributed by atoms with Crippen LogP contribution in [0.3, 0.4) is 0 Å². The molecule has 0 bridgehead atoms. The van der Waals surface area contributed by atoms with E-state index in [1.807, 2.05) is 12.1 Å². The molecular weight excluding hydrogens is 356 g/mol. The largest absolute Gasteiger partial charge is 0.352 e. The summed E-state index contributed by atoms with van der Waals surface area (Å²) in [6.07, 6.45) is 7.44. The van der Waals surface area contributed by atoms with E-state index >= 15 is 0 Å². The maximum absolute atomic E-state index is 12.1. The number of nitrogens with one attached hydrogen (secondary N) is 3. The summed E-state index contributed by atoms with van der Waals surface area (Å²) in [6.45, 7) is 2.81. The van der Waals surface area contributed by atoms with Crippen molar-refractivity contribution in [1.29, 1.82) is 0 Å². The van der Waals surface area contributed by atoms with Crippen LogP contribution in [0.25, 0.3) is 0 Å². The molecule has 0 radical (unpaired) electrons. The van der Waals surface area contributed by atoms with Crippen LogP contribution >= 0.6 is 11.8 Å². The van der Waals surface area contributed by atoms with Crippen molar-refractivity contribution >= 4 is 29.3 Å². The number of thioether (sulfide) groups is 1. The van der Waals surface area contributed by atoms with Gasteiger partial charge in [-0.2, -0.15) is 0 Å². The van der Waals surface area contributed by atoms with E-state index in [0.29, 0.717) is 18.2 Å². The number of rotatable bonds is 6. The number of aryl methyl sites for hydroxylation is 1. The van der Waals surface area contributed by atoms with Gasteiger partial charge in [0.25, 0.3) is 0 Å². The number of guanidine groups is 1. The summed E-state index contributed by atoms with van der Waals surface area (Å²) in [5, 5.41) is 9.06. The van der Waals surface area contributed by atoms with Crippen LogP contribution in [-0.2, 0) is 11.3 Å². The van der Waals surface area contributed by atoms with Crippen LogP contribution in [0.4, 0.5) is 5.69 Å². The van der Waals surface area contributed by atoms with Crippen molar-refractivity contribution in [2.75, 3.05) is 25.2 Å². The van der Waals surface area contributed by atoms with E-state index < -0.39 is 0 Å². The first-order chi connectivity index (χ1) is 13.0. The van der Waals surface area contributed by atoms with E-state index in [2.05, 4.69) is 58.2 Å². The predicted octanol–water partition coefficient (Wildman–Crippen LogP) is 3.00. The van der Waals surface area contributed by atoms with Gasteiger partial charge >= 0.3 is 0 Å². The topological polar surface area (TPSA) is 65.5 Å². The molecule has 27 heavy (non-hydrogen) atoms. The van der Waals surface area contributed by atoms with E-state index in [4.69, 9.17) is 6.42 Å². The van der Waals surface area contributed by atoms with Gasteiger partial charge in [0, 0.05) is 29.7 Å². The number of hydrogen-bond acceptors (Lipinski definition) is 3. The Morgan fingerprint density at radius 2 is 2.04 bits per heavy atom. The van der Waals surface area contributed by atoms with Gasteiger partial charge in [-0.1, -0.05) is 24.1 Å². The highest BCUT2D eigenvalue weighted by molar-refractivity contribution is 7.98. The molecular formula is C21H24N4OS. The molecule has 0 aromatic heterocycles. The Kier molecular flexibility index (Phi) is 7.78. The van der Waals surface area contributed by atoms with Crippen LogP contribution in [0.1, 0.15) is 16.7 Å². The van der Waals surface area contributed by atoms with Crippen molar-refractivity contribution in [1.82, 2.24) is 10.6 Å². The molecule has 2 aromatic carbocycles. The zero-order valence-corrected chi connectivity index (χ0v) is 16.6. The molecule has 0 heterocycles. The zero-order chi connectivity index (χ0) is 19.6. The number of benzene rings is 2. The molecule has 0 spiro atoms.